The lowest BCUT2D eigenvalue weighted by molar-refractivity contribution is 0.665. The van der Waals surface area contributed by atoms with Gasteiger partial charge in [0.2, 0.25) is 0 Å². The van der Waals surface area contributed by atoms with Gasteiger partial charge >= 0.3 is 0 Å². The summed E-state index contributed by atoms with van der Waals surface area (Å²) in [7, 11) is 0. The molecule has 0 atom stereocenters. The first kappa shape index (κ1) is 36.5. The molecule has 14 rings (SSSR count). The van der Waals surface area contributed by atoms with Crippen LogP contribution in [0.4, 0.5) is 0 Å². The van der Waals surface area contributed by atoms with Gasteiger partial charge in [-0.25, -0.2) is 15.0 Å². The molecular weight excluding hydrogens is 807 g/mol. The van der Waals surface area contributed by atoms with Crippen LogP contribution < -0.4 is 0 Å². The number of hydrogen-bond acceptors (Lipinski definition) is 5. The van der Waals surface area contributed by atoms with Gasteiger partial charge in [0.1, 0.15) is 22.3 Å². The SMILES string of the molecule is c1ccc2cc(-c3nc(-c4cc(-c5cccc6oc7c(-c8cccc9c8oc8ccccc89)cccc7c56)c5ccccc5c4)nc(-c4cc5ccccc5c5ccccc45)n3)ccc2c1. The molecule has 14 aromatic rings. The second kappa shape index (κ2) is 14.3. The Hall–Kier alpha value is -8.93. The quantitative estimate of drug-likeness (QED) is 0.162. The minimum atomic E-state index is 0.595. The molecule has 0 fully saturated rings. The molecule has 11 aromatic carbocycles. The minimum absolute atomic E-state index is 0.595. The lowest BCUT2D eigenvalue weighted by atomic mass is 9.92. The van der Waals surface area contributed by atoms with Crippen LogP contribution in [0, 0.1) is 0 Å². The van der Waals surface area contributed by atoms with Gasteiger partial charge in [0, 0.05) is 49.4 Å². The number of nitrogens with zero attached hydrogens (tertiary/aromatic N) is 3. The fourth-order valence-corrected chi connectivity index (χ4v) is 10.2. The summed E-state index contributed by atoms with van der Waals surface area (Å²) in [5, 5.41) is 13.3. The molecule has 306 valence electrons. The van der Waals surface area contributed by atoms with Crippen molar-refractivity contribution < 1.29 is 8.83 Å². The largest absolute Gasteiger partial charge is 0.455 e. The molecule has 5 heteroatoms. The first-order valence-electron chi connectivity index (χ1n) is 22.2. The topological polar surface area (TPSA) is 65.0 Å². The smallest absolute Gasteiger partial charge is 0.164 e. The van der Waals surface area contributed by atoms with E-state index in [0.29, 0.717) is 17.5 Å². The molecule has 0 aliphatic carbocycles. The molecule has 0 aliphatic heterocycles. The van der Waals surface area contributed by atoms with Crippen LogP contribution in [0.3, 0.4) is 0 Å². The van der Waals surface area contributed by atoms with Crippen molar-refractivity contribution in [3.05, 3.63) is 212 Å². The van der Waals surface area contributed by atoms with E-state index in [-0.39, 0.29) is 0 Å². The maximum atomic E-state index is 6.90. The van der Waals surface area contributed by atoms with Crippen LogP contribution in [-0.4, -0.2) is 15.0 Å². The van der Waals surface area contributed by atoms with Crippen LogP contribution in [0.2, 0.25) is 0 Å². The number of hydrogen-bond donors (Lipinski definition) is 0. The molecule has 0 N–H and O–H groups in total. The summed E-state index contributed by atoms with van der Waals surface area (Å²) in [6.45, 7) is 0. The van der Waals surface area contributed by atoms with Crippen molar-refractivity contribution in [2.45, 2.75) is 0 Å². The molecule has 5 nitrogen and oxygen atoms in total. The summed E-state index contributed by atoms with van der Waals surface area (Å²) in [6, 6.07) is 74.5. The summed E-state index contributed by atoms with van der Waals surface area (Å²) in [4.78, 5) is 16.0. The summed E-state index contributed by atoms with van der Waals surface area (Å²) in [5.74, 6) is 1.83. The van der Waals surface area contributed by atoms with Gasteiger partial charge in [0.15, 0.2) is 17.5 Å². The zero-order valence-electron chi connectivity index (χ0n) is 35.4. The molecular formula is C61H35N3O2. The number of rotatable bonds is 5. The monoisotopic (exact) mass is 841 g/mol. The fraction of sp³-hybridized carbons (Fsp3) is 0. The number of benzene rings is 11. The number of para-hydroxylation sites is 3. The molecule has 3 aromatic heterocycles. The van der Waals surface area contributed by atoms with Gasteiger partial charge in [-0.2, -0.15) is 0 Å². The van der Waals surface area contributed by atoms with E-state index in [1.165, 1.54) is 5.39 Å². The van der Waals surface area contributed by atoms with Crippen molar-refractivity contribution in [1.82, 2.24) is 15.0 Å². The Morgan fingerprint density at radius 2 is 0.788 bits per heavy atom. The van der Waals surface area contributed by atoms with Crippen LogP contribution in [-0.2, 0) is 0 Å². The molecule has 0 radical (unpaired) electrons. The van der Waals surface area contributed by atoms with Crippen molar-refractivity contribution in [3.63, 3.8) is 0 Å². The highest BCUT2D eigenvalue weighted by atomic mass is 16.3. The van der Waals surface area contributed by atoms with Crippen molar-refractivity contribution in [2.24, 2.45) is 0 Å². The predicted molar refractivity (Wildman–Crippen MR) is 272 cm³/mol. The molecule has 66 heavy (non-hydrogen) atoms. The molecule has 0 aliphatic rings. The van der Waals surface area contributed by atoms with E-state index in [2.05, 4.69) is 200 Å². The molecule has 0 bridgehead atoms. The predicted octanol–water partition coefficient (Wildman–Crippen LogP) is 16.6. The number of fused-ring (bicyclic) bond motifs is 11. The molecule has 0 saturated heterocycles. The summed E-state index contributed by atoms with van der Waals surface area (Å²) in [6.07, 6.45) is 0. The highest BCUT2D eigenvalue weighted by Gasteiger charge is 2.22. The van der Waals surface area contributed by atoms with E-state index in [0.717, 1.165) is 121 Å². The maximum Gasteiger partial charge on any atom is 0.164 e. The van der Waals surface area contributed by atoms with Crippen LogP contribution in [0.15, 0.2) is 221 Å². The van der Waals surface area contributed by atoms with E-state index >= 15 is 0 Å². The third kappa shape index (κ3) is 5.63. The standard InChI is InChI=1S/C61H35N3O2/c1-2-15-37-32-40(31-30-36(37)14-1)59-62-60(64-61(63-59)53-34-39-17-4-5-18-42(39)44-20-7-8-21-45(44)53)41-33-38-16-3-6-19-43(38)52(35-41)47-23-13-29-55-56(47)51-27-12-26-50(58(51)66-55)49-25-11-24-48-46-22-9-10-28-54(46)65-57(48)49/h1-35H. The zero-order chi connectivity index (χ0) is 43.3. The third-order valence-electron chi connectivity index (χ3n) is 13.3. The third-order valence-corrected chi connectivity index (χ3v) is 13.3. The summed E-state index contributed by atoms with van der Waals surface area (Å²) in [5.41, 5.74) is 10.2. The normalized spacial score (nSPS) is 11.9. The minimum Gasteiger partial charge on any atom is -0.455 e. The Morgan fingerprint density at radius 1 is 0.258 bits per heavy atom. The van der Waals surface area contributed by atoms with Crippen molar-refractivity contribution >= 4 is 87.0 Å². The Morgan fingerprint density at radius 3 is 1.61 bits per heavy atom. The fourth-order valence-electron chi connectivity index (χ4n) is 10.2. The van der Waals surface area contributed by atoms with E-state index in [1.54, 1.807) is 0 Å². The summed E-state index contributed by atoms with van der Waals surface area (Å²) >= 11 is 0. The van der Waals surface area contributed by atoms with Gasteiger partial charge < -0.3 is 8.83 Å². The lowest BCUT2D eigenvalue weighted by Crippen LogP contribution is -2.01. The summed E-state index contributed by atoms with van der Waals surface area (Å²) < 4.78 is 13.4. The average molecular weight is 842 g/mol. The van der Waals surface area contributed by atoms with Gasteiger partial charge in [-0.05, 0) is 90.6 Å². The van der Waals surface area contributed by atoms with Crippen molar-refractivity contribution in [1.29, 1.82) is 0 Å². The molecule has 0 spiro atoms. The van der Waals surface area contributed by atoms with Crippen LogP contribution in [0.25, 0.3) is 143 Å². The highest BCUT2D eigenvalue weighted by molar-refractivity contribution is 6.20. The van der Waals surface area contributed by atoms with Gasteiger partial charge in [-0.1, -0.05) is 176 Å². The van der Waals surface area contributed by atoms with E-state index in [9.17, 15) is 0 Å². The number of furan rings is 2. The molecule has 3 heterocycles. The second-order valence-corrected chi connectivity index (χ2v) is 17.0. The van der Waals surface area contributed by atoms with Gasteiger partial charge in [-0.15, -0.1) is 0 Å². The van der Waals surface area contributed by atoms with Gasteiger partial charge in [0.25, 0.3) is 0 Å². The average Bonchev–Trinajstić information content (AvgIpc) is 3.97. The molecule has 0 unspecified atom stereocenters. The Labute approximate surface area is 377 Å². The zero-order valence-corrected chi connectivity index (χ0v) is 35.4. The van der Waals surface area contributed by atoms with Crippen molar-refractivity contribution in [3.8, 4) is 56.4 Å². The Bertz CT molecular complexity index is 4310. The first-order valence-corrected chi connectivity index (χ1v) is 22.2. The van der Waals surface area contributed by atoms with Gasteiger partial charge in [0.05, 0.1) is 0 Å². The highest BCUT2D eigenvalue weighted by Crippen LogP contribution is 2.45. The van der Waals surface area contributed by atoms with Crippen LogP contribution >= 0.6 is 0 Å². The second-order valence-electron chi connectivity index (χ2n) is 17.0. The molecule has 0 saturated carbocycles. The maximum absolute atomic E-state index is 6.90. The van der Waals surface area contributed by atoms with E-state index in [4.69, 9.17) is 23.8 Å². The van der Waals surface area contributed by atoms with Gasteiger partial charge in [-0.3, -0.25) is 0 Å². The van der Waals surface area contributed by atoms with Crippen molar-refractivity contribution in [2.75, 3.05) is 0 Å². The first-order chi connectivity index (χ1) is 32.7. The lowest BCUT2D eigenvalue weighted by Gasteiger charge is -2.14. The molecule has 0 amide bonds. The van der Waals surface area contributed by atoms with E-state index < -0.39 is 0 Å². The van der Waals surface area contributed by atoms with E-state index in [1.807, 2.05) is 12.1 Å². The Balaban J connectivity index is 1.00. The Kier molecular flexibility index (Phi) is 7.91. The van der Waals surface area contributed by atoms with Crippen LogP contribution in [0.1, 0.15) is 0 Å². The van der Waals surface area contributed by atoms with Crippen LogP contribution in [0.5, 0.6) is 0 Å². The number of aromatic nitrogens is 3.